The summed E-state index contributed by atoms with van der Waals surface area (Å²) in [4.78, 5) is 0. The van der Waals surface area contributed by atoms with Gasteiger partial charge in [0.1, 0.15) is 0 Å². The van der Waals surface area contributed by atoms with Crippen molar-refractivity contribution in [2.45, 2.75) is 53.9 Å². The number of hydrogen-bond acceptors (Lipinski definition) is 1. The molecule has 0 aliphatic rings. The lowest BCUT2D eigenvalue weighted by molar-refractivity contribution is 0.590. The van der Waals surface area contributed by atoms with Crippen LogP contribution in [0.2, 0.25) is 0 Å². The highest BCUT2D eigenvalue weighted by Gasteiger charge is 2.12. The number of anilines is 1. The molecule has 0 aliphatic heterocycles. The van der Waals surface area contributed by atoms with Crippen molar-refractivity contribution in [3.63, 3.8) is 0 Å². The number of rotatable bonds is 3. The molecule has 1 aromatic carbocycles. The maximum Gasteiger partial charge on any atom is 0.0384 e. The zero-order valence-corrected chi connectivity index (χ0v) is 13.5. The van der Waals surface area contributed by atoms with E-state index in [2.05, 4.69) is 62.5 Å². The first-order valence-electron chi connectivity index (χ1n) is 7.14. The molecule has 0 saturated heterocycles. The molecule has 106 valence electrons. The molecule has 0 aliphatic carbocycles. The molecule has 1 N–H and O–H groups in total. The van der Waals surface area contributed by atoms with Crippen LogP contribution in [0.1, 0.15) is 54.0 Å². The summed E-state index contributed by atoms with van der Waals surface area (Å²) in [6, 6.07) is 8.64. The molecule has 1 nitrogen and oxygen atoms in total. The molecular formula is C18H29N. The summed E-state index contributed by atoms with van der Waals surface area (Å²) in [5.41, 5.74) is 3.82. The van der Waals surface area contributed by atoms with Crippen molar-refractivity contribution in [2.24, 2.45) is 0 Å². The first-order valence-corrected chi connectivity index (χ1v) is 7.14. The van der Waals surface area contributed by atoms with Crippen LogP contribution in [0.4, 0.5) is 5.69 Å². The SMILES string of the molecule is C/C=C\C(=C/C)Nc1ccc(C(C)(C)C)cc1.CC. The van der Waals surface area contributed by atoms with E-state index in [-0.39, 0.29) is 5.41 Å². The minimum absolute atomic E-state index is 0.214. The Bertz CT molecular complexity index is 402. The van der Waals surface area contributed by atoms with E-state index in [1.54, 1.807) is 0 Å². The molecule has 0 radical (unpaired) electrons. The van der Waals surface area contributed by atoms with Crippen LogP contribution in [0.15, 0.2) is 48.2 Å². The van der Waals surface area contributed by atoms with Crippen molar-refractivity contribution in [1.29, 1.82) is 0 Å². The molecule has 0 aromatic heterocycles. The van der Waals surface area contributed by atoms with E-state index in [1.165, 1.54) is 5.56 Å². The number of benzene rings is 1. The predicted octanol–water partition coefficient (Wildman–Crippen LogP) is 5.90. The van der Waals surface area contributed by atoms with Crippen molar-refractivity contribution < 1.29 is 0 Å². The predicted molar refractivity (Wildman–Crippen MR) is 88.7 cm³/mol. The van der Waals surface area contributed by atoms with Crippen LogP contribution in [0.3, 0.4) is 0 Å². The third-order valence-corrected chi connectivity index (χ3v) is 2.70. The van der Waals surface area contributed by atoms with Gasteiger partial charge >= 0.3 is 0 Å². The number of hydrogen-bond donors (Lipinski definition) is 1. The molecule has 0 bridgehead atoms. The maximum atomic E-state index is 3.38. The third kappa shape index (κ3) is 6.28. The lowest BCUT2D eigenvalue weighted by atomic mass is 9.87. The van der Waals surface area contributed by atoms with E-state index in [0.29, 0.717) is 0 Å². The van der Waals surface area contributed by atoms with Crippen molar-refractivity contribution in [2.75, 3.05) is 5.32 Å². The van der Waals surface area contributed by atoms with E-state index < -0.39 is 0 Å². The Labute approximate surface area is 119 Å². The summed E-state index contributed by atoms with van der Waals surface area (Å²) in [6.07, 6.45) is 6.17. The Morgan fingerprint density at radius 3 is 1.89 bits per heavy atom. The average molecular weight is 259 g/mol. The average Bonchev–Trinajstić information content (AvgIpc) is 2.40. The normalized spacial score (nSPS) is 12.1. The third-order valence-electron chi connectivity index (χ3n) is 2.70. The van der Waals surface area contributed by atoms with Gasteiger partial charge in [0.05, 0.1) is 0 Å². The topological polar surface area (TPSA) is 12.0 Å². The fraction of sp³-hybridized carbons (Fsp3) is 0.444. The van der Waals surface area contributed by atoms with E-state index in [0.717, 1.165) is 11.4 Å². The molecule has 1 rings (SSSR count). The molecule has 19 heavy (non-hydrogen) atoms. The molecule has 0 spiro atoms. The Morgan fingerprint density at radius 2 is 1.53 bits per heavy atom. The quantitative estimate of drug-likeness (QED) is 0.666. The van der Waals surface area contributed by atoms with Crippen LogP contribution >= 0.6 is 0 Å². The molecular weight excluding hydrogens is 230 g/mol. The van der Waals surface area contributed by atoms with E-state index >= 15 is 0 Å². The van der Waals surface area contributed by atoms with Gasteiger partial charge in [0.2, 0.25) is 0 Å². The summed E-state index contributed by atoms with van der Waals surface area (Å²) in [5.74, 6) is 0. The van der Waals surface area contributed by atoms with Crippen LogP contribution in [0.25, 0.3) is 0 Å². The fourth-order valence-corrected chi connectivity index (χ4v) is 1.61. The monoisotopic (exact) mass is 259 g/mol. The van der Waals surface area contributed by atoms with Crippen LogP contribution < -0.4 is 5.32 Å². The van der Waals surface area contributed by atoms with Gasteiger partial charge < -0.3 is 5.32 Å². The lowest BCUT2D eigenvalue weighted by Crippen LogP contribution is -2.10. The van der Waals surface area contributed by atoms with E-state index in [4.69, 9.17) is 0 Å². The van der Waals surface area contributed by atoms with Crippen LogP contribution in [0.5, 0.6) is 0 Å². The van der Waals surface area contributed by atoms with Gasteiger partial charge in [0, 0.05) is 11.4 Å². The van der Waals surface area contributed by atoms with Crippen LogP contribution in [-0.2, 0) is 5.41 Å². The van der Waals surface area contributed by atoms with E-state index in [1.807, 2.05) is 33.8 Å². The highest BCUT2D eigenvalue weighted by Crippen LogP contribution is 2.23. The van der Waals surface area contributed by atoms with Gasteiger partial charge in [-0.25, -0.2) is 0 Å². The van der Waals surface area contributed by atoms with Gasteiger partial charge in [0.15, 0.2) is 0 Å². The van der Waals surface area contributed by atoms with Crippen molar-refractivity contribution in [3.05, 3.63) is 53.8 Å². The lowest BCUT2D eigenvalue weighted by Gasteiger charge is -2.19. The van der Waals surface area contributed by atoms with Crippen molar-refractivity contribution in [1.82, 2.24) is 0 Å². The van der Waals surface area contributed by atoms with Gasteiger partial charge in [-0.05, 0) is 43.0 Å². The molecule has 1 heteroatoms. The summed E-state index contributed by atoms with van der Waals surface area (Å²) < 4.78 is 0. The maximum absolute atomic E-state index is 3.38. The molecule has 0 saturated carbocycles. The first kappa shape index (κ1) is 17.5. The van der Waals surface area contributed by atoms with Crippen LogP contribution in [0, 0.1) is 0 Å². The second kappa shape index (κ2) is 8.58. The molecule has 0 amide bonds. The Hall–Kier alpha value is -1.50. The second-order valence-electron chi connectivity index (χ2n) is 5.20. The Balaban J connectivity index is 0.00000154. The van der Waals surface area contributed by atoms with Gasteiger partial charge in [-0.15, -0.1) is 0 Å². The minimum Gasteiger partial charge on any atom is -0.356 e. The number of allylic oxidation sites excluding steroid dienone is 3. The first-order chi connectivity index (χ1) is 8.97. The molecule has 0 fully saturated rings. The highest BCUT2D eigenvalue weighted by atomic mass is 14.9. The smallest absolute Gasteiger partial charge is 0.0384 e. The summed E-state index contributed by atoms with van der Waals surface area (Å²) in [5, 5.41) is 3.38. The van der Waals surface area contributed by atoms with Gasteiger partial charge in [0.25, 0.3) is 0 Å². The molecule has 0 atom stereocenters. The molecule has 0 heterocycles. The van der Waals surface area contributed by atoms with Gasteiger partial charge in [-0.1, -0.05) is 58.9 Å². The Morgan fingerprint density at radius 1 is 1.00 bits per heavy atom. The highest BCUT2D eigenvalue weighted by molar-refractivity contribution is 5.52. The fourth-order valence-electron chi connectivity index (χ4n) is 1.61. The summed E-state index contributed by atoms with van der Waals surface area (Å²) in [6.45, 7) is 14.7. The second-order valence-corrected chi connectivity index (χ2v) is 5.20. The van der Waals surface area contributed by atoms with Gasteiger partial charge in [-0.2, -0.15) is 0 Å². The number of nitrogens with one attached hydrogen (secondary N) is 1. The Kier molecular flexibility index (Phi) is 7.90. The van der Waals surface area contributed by atoms with Crippen molar-refractivity contribution >= 4 is 5.69 Å². The van der Waals surface area contributed by atoms with Gasteiger partial charge in [-0.3, -0.25) is 0 Å². The van der Waals surface area contributed by atoms with Crippen molar-refractivity contribution in [3.8, 4) is 0 Å². The van der Waals surface area contributed by atoms with Crippen LogP contribution in [-0.4, -0.2) is 0 Å². The molecule has 0 unspecified atom stereocenters. The summed E-state index contributed by atoms with van der Waals surface area (Å²) >= 11 is 0. The standard InChI is InChI=1S/C16H23N.C2H6/c1-6-8-14(7-2)17-15-11-9-13(10-12-15)16(3,4)5;1-2/h6-12,17H,1-5H3;1-2H3/b8-6-,14-7+;. The minimum atomic E-state index is 0.214. The van der Waals surface area contributed by atoms with E-state index in [9.17, 15) is 0 Å². The zero-order valence-electron chi connectivity index (χ0n) is 13.5. The molecule has 1 aromatic rings. The largest absolute Gasteiger partial charge is 0.356 e. The summed E-state index contributed by atoms with van der Waals surface area (Å²) in [7, 11) is 0. The zero-order chi connectivity index (χ0) is 14.9.